The molecule has 0 aromatic heterocycles. The number of nitrogens with two attached hydrogens (primary N) is 1. The molecule has 1 rings (SSSR count). The average Bonchev–Trinajstić information content (AvgIpc) is 2.31. The molecule has 1 amide bonds. The van der Waals surface area contributed by atoms with Gasteiger partial charge in [0.1, 0.15) is 5.75 Å². The first-order valence-electron chi connectivity index (χ1n) is 5.84. The van der Waals surface area contributed by atoms with Gasteiger partial charge in [-0.15, -0.1) is 0 Å². The van der Waals surface area contributed by atoms with Gasteiger partial charge in [-0.3, -0.25) is 4.79 Å². The van der Waals surface area contributed by atoms with Gasteiger partial charge in [0.25, 0.3) is 0 Å². The van der Waals surface area contributed by atoms with Crippen molar-refractivity contribution < 1.29 is 9.53 Å². The lowest BCUT2D eigenvalue weighted by Gasteiger charge is -2.15. The molecule has 0 heterocycles. The number of hydrogen-bond acceptors (Lipinski definition) is 3. The molecule has 0 saturated carbocycles. The fourth-order valence-electron chi connectivity index (χ4n) is 1.57. The van der Waals surface area contributed by atoms with Crippen LogP contribution in [-0.4, -0.2) is 19.1 Å². The largest absolute Gasteiger partial charge is 0.497 e. The van der Waals surface area contributed by atoms with Crippen molar-refractivity contribution >= 4 is 27.5 Å². The van der Waals surface area contributed by atoms with Gasteiger partial charge in [0.15, 0.2) is 0 Å². The van der Waals surface area contributed by atoms with Crippen molar-refractivity contribution in [1.29, 1.82) is 0 Å². The zero-order valence-corrected chi connectivity index (χ0v) is 12.5. The van der Waals surface area contributed by atoms with Crippen molar-refractivity contribution in [3.05, 3.63) is 22.7 Å². The van der Waals surface area contributed by atoms with E-state index in [2.05, 4.69) is 21.2 Å². The van der Waals surface area contributed by atoms with E-state index in [9.17, 15) is 4.79 Å². The maximum absolute atomic E-state index is 11.9. The Hall–Kier alpha value is -1.07. The third-order valence-electron chi connectivity index (χ3n) is 2.49. The summed E-state index contributed by atoms with van der Waals surface area (Å²) in [6, 6.07) is 4.89. The number of nitrogens with one attached hydrogen (secondary N) is 1. The fraction of sp³-hybridized carbons (Fsp3) is 0.462. The highest BCUT2D eigenvalue weighted by atomic mass is 79.9. The van der Waals surface area contributed by atoms with Crippen LogP contribution in [0.15, 0.2) is 22.7 Å². The summed E-state index contributed by atoms with van der Waals surface area (Å²) in [7, 11) is 1.58. The van der Waals surface area contributed by atoms with Gasteiger partial charge in [0, 0.05) is 10.5 Å². The zero-order chi connectivity index (χ0) is 13.7. The van der Waals surface area contributed by atoms with Crippen LogP contribution in [0.25, 0.3) is 0 Å². The van der Waals surface area contributed by atoms with Gasteiger partial charge in [0.2, 0.25) is 5.91 Å². The van der Waals surface area contributed by atoms with Crippen LogP contribution in [0.4, 0.5) is 5.69 Å². The molecule has 1 aromatic rings. The number of carbonyl (C=O) groups excluding carboxylic acids is 1. The smallest absolute Gasteiger partial charge is 0.241 e. The minimum absolute atomic E-state index is 0.183. The van der Waals surface area contributed by atoms with Crippen molar-refractivity contribution in [3.8, 4) is 5.75 Å². The second-order valence-electron chi connectivity index (χ2n) is 4.57. The minimum atomic E-state index is -0.497. The average molecular weight is 315 g/mol. The highest BCUT2D eigenvalue weighted by Crippen LogP contribution is 2.27. The molecule has 3 N–H and O–H groups in total. The van der Waals surface area contributed by atoms with E-state index in [0.29, 0.717) is 23.8 Å². The molecule has 0 saturated heterocycles. The Morgan fingerprint density at radius 1 is 1.50 bits per heavy atom. The lowest BCUT2D eigenvalue weighted by molar-refractivity contribution is -0.117. The molecular weight excluding hydrogens is 296 g/mol. The van der Waals surface area contributed by atoms with Gasteiger partial charge in [-0.2, -0.15) is 0 Å². The van der Waals surface area contributed by atoms with Crippen LogP contribution in [0.3, 0.4) is 0 Å². The number of benzene rings is 1. The normalized spacial score (nSPS) is 12.3. The summed E-state index contributed by atoms with van der Waals surface area (Å²) in [5.74, 6) is 0.892. The first-order valence-corrected chi connectivity index (χ1v) is 6.63. The van der Waals surface area contributed by atoms with Crippen LogP contribution < -0.4 is 15.8 Å². The van der Waals surface area contributed by atoms with Gasteiger partial charge in [-0.1, -0.05) is 13.8 Å². The second-order valence-corrected chi connectivity index (χ2v) is 5.43. The van der Waals surface area contributed by atoms with Crippen molar-refractivity contribution in [2.75, 3.05) is 12.4 Å². The molecule has 18 heavy (non-hydrogen) atoms. The van der Waals surface area contributed by atoms with Crippen LogP contribution in [0.1, 0.15) is 20.3 Å². The minimum Gasteiger partial charge on any atom is -0.497 e. The SMILES string of the molecule is COc1ccc(Br)c(NC(=O)C(N)CC(C)C)c1. The van der Waals surface area contributed by atoms with Gasteiger partial charge < -0.3 is 15.8 Å². The third kappa shape index (κ3) is 4.31. The van der Waals surface area contributed by atoms with Gasteiger partial charge >= 0.3 is 0 Å². The van der Waals surface area contributed by atoms with Crippen molar-refractivity contribution in [1.82, 2.24) is 0 Å². The molecule has 0 fully saturated rings. The molecule has 0 radical (unpaired) electrons. The van der Waals surface area contributed by atoms with Crippen LogP contribution in [-0.2, 0) is 4.79 Å². The summed E-state index contributed by atoms with van der Waals surface area (Å²) in [5.41, 5.74) is 6.49. The summed E-state index contributed by atoms with van der Waals surface area (Å²) in [5, 5.41) is 2.80. The summed E-state index contributed by atoms with van der Waals surface area (Å²) >= 11 is 3.38. The van der Waals surface area contributed by atoms with E-state index in [4.69, 9.17) is 10.5 Å². The van der Waals surface area contributed by atoms with Crippen LogP contribution in [0.5, 0.6) is 5.75 Å². The Labute approximate surface area is 116 Å². The predicted molar refractivity (Wildman–Crippen MR) is 76.8 cm³/mol. The summed E-state index contributed by atoms with van der Waals surface area (Å²) < 4.78 is 5.91. The molecule has 1 unspecified atom stereocenters. The molecule has 1 aromatic carbocycles. The number of methoxy groups -OCH3 is 1. The molecule has 0 aliphatic heterocycles. The molecule has 4 nitrogen and oxygen atoms in total. The maximum atomic E-state index is 11.9. The van der Waals surface area contributed by atoms with E-state index in [1.807, 2.05) is 26.0 Å². The Bertz CT molecular complexity index is 421. The number of halogens is 1. The topological polar surface area (TPSA) is 64.3 Å². The number of ether oxygens (including phenoxy) is 1. The first-order chi connectivity index (χ1) is 8.43. The summed E-state index contributed by atoms with van der Waals surface area (Å²) in [6.45, 7) is 4.07. The lowest BCUT2D eigenvalue weighted by atomic mass is 10.0. The second kappa shape index (κ2) is 6.75. The van der Waals surface area contributed by atoms with Crippen molar-refractivity contribution in [3.63, 3.8) is 0 Å². The molecule has 100 valence electrons. The van der Waals surface area contributed by atoms with E-state index < -0.39 is 6.04 Å². The van der Waals surface area contributed by atoms with Gasteiger partial charge in [0.05, 0.1) is 18.8 Å². The number of carbonyl (C=O) groups is 1. The molecule has 1 atom stereocenters. The van der Waals surface area contributed by atoms with E-state index in [1.54, 1.807) is 13.2 Å². The van der Waals surface area contributed by atoms with Crippen molar-refractivity contribution in [2.45, 2.75) is 26.3 Å². The number of anilines is 1. The molecular formula is C13H19BrN2O2. The Morgan fingerprint density at radius 2 is 2.17 bits per heavy atom. The highest BCUT2D eigenvalue weighted by molar-refractivity contribution is 9.10. The first kappa shape index (κ1) is 15.0. The monoisotopic (exact) mass is 314 g/mol. The lowest BCUT2D eigenvalue weighted by Crippen LogP contribution is -2.36. The Kier molecular flexibility index (Phi) is 5.62. The van der Waals surface area contributed by atoms with E-state index >= 15 is 0 Å². The van der Waals surface area contributed by atoms with Crippen LogP contribution in [0.2, 0.25) is 0 Å². The summed E-state index contributed by atoms with van der Waals surface area (Å²) in [4.78, 5) is 11.9. The third-order valence-corrected chi connectivity index (χ3v) is 3.19. The van der Waals surface area contributed by atoms with Gasteiger partial charge in [-0.05, 0) is 40.4 Å². The van der Waals surface area contributed by atoms with Crippen molar-refractivity contribution in [2.24, 2.45) is 11.7 Å². The molecule has 5 heteroatoms. The fourth-order valence-corrected chi connectivity index (χ4v) is 1.91. The Morgan fingerprint density at radius 3 is 2.72 bits per heavy atom. The van der Waals surface area contributed by atoms with E-state index in [-0.39, 0.29) is 5.91 Å². The maximum Gasteiger partial charge on any atom is 0.241 e. The summed E-state index contributed by atoms with van der Waals surface area (Å²) in [6.07, 6.45) is 0.660. The predicted octanol–water partition coefficient (Wildman–Crippen LogP) is 2.77. The molecule has 0 bridgehead atoms. The van der Waals surface area contributed by atoms with Crippen LogP contribution in [0, 0.1) is 5.92 Å². The van der Waals surface area contributed by atoms with E-state index in [0.717, 1.165) is 4.47 Å². The number of hydrogen-bond donors (Lipinski definition) is 2. The van der Waals surface area contributed by atoms with Crippen LogP contribution >= 0.6 is 15.9 Å². The van der Waals surface area contributed by atoms with E-state index in [1.165, 1.54) is 0 Å². The molecule has 0 aliphatic carbocycles. The Balaban J connectivity index is 2.74. The van der Waals surface area contributed by atoms with Gasteiger partial charge in [-0.25, -0.2) is 0 Å². The molecule has 0 spiro atoms. The number of rotatable bonds is 5. The number of amides is 1. The zero-order valence-electron chi connectivity index (χ0n) is 10.9. The quantitative estimate of drug-likeness (QED) is 0.878. The highest BCUT2D eigenvalue weighted by Gasteiger charge is 2.16. The molecule has 0 aliphatic rings. The standard InChI is InChI=1S/C13H19BrN2O2/c1-8(2)6-11(15)13(17)16-12-7-9(18-3)4-5-10(12)14/h4-5,7-8,11H,6,15H2,1-3H3,(H,16,17).